The average molecular weight is 545 g/mol. The van der Waals surface area contributed by atoms with Crippen LogP contribution in [0.4, 0.5) is 0 Å². The van der Waals surface area contributed by atoms with E-state index in [1.165, 1.54) is 6.26 Å². The molecule has 8 heteroatoms. The number of carbonyl (C=O) groups excluding carboxylic acids is 2. The van der Waals surface area contributed by atoms with E-state index in [0.717, 1.165) is 24.0 Å². The van der Waals surface area contributed by atoms with E-state index in [1.807, 2.05) is 64.1 Å². The fourth-order valence-electron chi connectivity index (χ4n) is 8.31. The lowest BCUT2D eigenvalue weighted by molar-refractivity contribution is -0.125. The maximum atomic E-state index is 13.5. The topological polar surface area (TPSA) is 102 Å². The van der Waals surface area contributed by atoms with Crippen LogP contribution in [0.2, 0.25) is 0 Å². The van der Waals surface area contributed by atoms with Gasteiger partial charge in [0.15, 0.2) is 11.6 Å². The number of benzene rings is 1. The highest BCUT2D eigenvalue weighted by molar-refractivity contribution is 7.90. The van der Waals surface area contributed by atoms with Gasteiger partial charge in [-0.25, -0.2) is 16.8 Å². The van der Waals surface area contributed by atoms with Gasteiger partial charge in [0.2, 0.25) is 0 Å². The van der Waals surface area contributed by atoms with Crippen LogP contribution in [0.1, 0.15) is 64.5 Å². The van der Waals surface area contributed by atoms with E-state index in [1.54, 1.807) is 0 Å². The van der Waals surface area contributed by atoms with Gasteiger partial charge in [0.1, 0.15) is 20.5 Å². The molecule has 0 heterocycles. The number of hydrogen-bond donors (Lipinski definition) is 1. The summed E-state index contributed by atoms with van der Waals surface area (Å²) in [7, 11) is -5.97. The summed E-state index contributed by atoms with van der Waals surface area (Å²) < 4.78 is 47.6. The van der Waals surface area contributed by atoms with Crippen molar-refractivity contribution in [1.82, 2.24) is 0 Å². The van der Waals surface area contributed by atoms with Crippen molar-refractivity contribution in [3.8, 4) is 0 Å². The first-order valence-electron chi connectivity index (χ1n) is 13.0. The first-order chi connectivity index (χ1) is 17.1. The molecule has 4 aliphatic rings. The zero-order valence-corrected chi connectivity index (χ0v) is 23.9. The van der Waals surface area contributed by atoms with Gasteiger partial charge in [-0.1, -0.05) is 52.0 Å². The smallest absolute Gasteiger partial charge is 0.166 e. The van der Waals surface area contributed by atoms with Gasteiger partial charge in [0.25, 0.3) is 0 Å². The Bertz CT molecular complexity index is 1430. The lowest BCUT2D eigenvalue weighted by atomic mass is 9.70. The number of hydrogen-bond acceptors (Lipinski definition) is 6. The molecule has 37 heavy (non-hydrogen) atoms. The van der Waals surface area contributed by atoms with Crippen molar-refractivity contribution in [2.75, 3.05) is 17.8 Å². The first kappa shape index (κ1) is 26.5. The van der Waals surface area contributed by atoms with Crippen molar-refractivity contribution in [2.24, 2.45) is 33.5 Å². The van der Waals surface area contributed by atoms with Crippen molar-refractivity contribution >= 4 is 44.3 Å². The average Bonchev–Trinajstić information content (AvgIpc) is 3.28. The molecule has 4 unspecified atom stereocenters. The summed E-state index contributed by atoms with van der Waals surface area (Å²) in [4.78, 5) is 27.0. The highest BCUT2D eigenvalue weighted by Gasteiger charge is 2.68. The van der Waals surface area contributed by atoms with Crippen LogP contribution in [0, 0.1) is 33.5 Å². The van der Waals surface area contributed by atoms with Crippen LogP contribution >= 0.6 is 0 Å². The minimum Gasteiger partial charge on any atom is -0.294 e. The molecule has 0 radical (unpaired) electrons. The summed E-state index contributed by atoms with van der Waals surface area (Å²) in [5.74, 6) is -0.217. The van der Waals surface area contributed by atoms with Crippen LogP contribution < -0.4 is 0 Å². The molecule has 0 spiro atoms. The number of rotatable bonds is 6. The van der Waals surface area contributed by atoms with Gasteiger partial charge in [0.05, 0.1) is 22.3 Å². The summed E-state index contributed by atoms with van der Waals surface area (Å²) in [6.45, 7) is 8.07. The Morgan fingerprint density at radius 2 is 1.22 bits per heavy atom. The summed E-state index contributed by atoms with van der Waals surface area (Å²) in [5, 5.41) is 0. The second kappa shape index (κ2) is 8.22. The molecule has 0 aromatic heterocycles. The van der Waals surface area contributed by atoms with Gasteiger partial charge in [-0.15, -0.1) is 0 Å². The molecule has 0 saturated heterocycles. The maximum absolute atomic E-state index is 13.5. The Hall–Kier alpha value is -2.06. The number of allylic oxidation sites excluding steroid dienone is 2. The zero-order chi connectivity index (χ0) is 27.2. The SMILES string of the molecule is CC1(C)C2CCC1(C[SH](=O)=O)C(=O)/C2=C/c1ccc(/C=C2/C(=O)C3(CS(C)(=O)=O)CCC2C3(C)C)cc1. The molecule has 4 atom stereocenters. The Morgan fingerprint density at radius 1 is 0.811 bits per heavy atom. The number of carbonyl (C=O) groups is 2. The Balaban J connectivity index is 1.44. The van der Waals surface area contributed by atoms with Crippen molar-refractivity contribution in [2.45, 2.75) is 53.4 Å². The largest absolute Gasteiger partial charge is 0.294 e. The second-order valence-electron chi connectivity index (χ2n) is 12.9. The van der Waals surface area contributed by atoms with E-state index in [2.05, 4.69) is 0 Å². The Kier molecular flexibility index (Phi) is 5.90. The summed E-state index contributed by atoms with van der Waals surface area (Å²) in [6.07, 6.45) is 7.85. The molecule has 5 rings (SSSR count). The van der Waals surface area contributed by atoms with Gasteiger partial charge in [-0.05, 0) is 71.6 Å². The molecule has 0 aliphatic heterocycles. The zero-order valence-electron chi connectivity index (χ0n) is 22.2. The third-order valence-corrected chi connectivity index (χ3v) is 12.4. The summed E-state index contributed by atoms with van der Waals surface area (Å²) in [5.41, 5.74) is 0.652. The maximum Gasteiger partial charge on any atom is 0.166 e. The highest BCUT2D eigenvalue weighted by Crippen LogP contribution is 2.67. The molecule has 200 valence electrons. The summed E-state index contributed by atoms with van der Waals surface area (Å²) >= 11 is 0. The van der Waals surface area contributed by atoms with Gasteiger partial charge in [-0.2, -0.15) is 0 Å². The predicted molar refractivity (Wildman–Crippen MR) is 145 cm³/mol. The molecular weight excluding hydrogens is 508 g/mol. The minimum atomic E-state index is -3.31. The molecule has 1 aromatic rings. The Labute approximate surface area is 221 Å². The van der Waals surface area contributed by atoms with Crippen LogP contribution in [0.5, 0.6) is 0 Å². The number of fused-ring (bicyclic) bond motifs is 4. The lowest BCUT2D eigenvalue weighted by Gasteiger charge is -2.35. The molecule has 4 fully saturated rings. The van der Waals surface area contributed by atoms with Crippen molar-refractivity contribution in [3.05, 3.63) is 46.5 Å². The third-order valence-electron chi connectivity index (χ3n) is 10.6. The van der Waals surface area contributed by atoms with Crippen LogP contribution in [-0.2, 0) is 30.1 Å². The molecule has 0 amide bonds. The highest BCUT2D eigenvalue weighted by atomic mass is 32.2. The second-order valence-corrected chi connectivity index (χ2v) is 16.0. The number of sulfone groups is 1. The molecular formula is C29H36O6S2. The molecule has 0 N–H and O–H groups in total. The lowest BCUT2D eigenvalue weighted by Crippen LogP contribution is -2.42. The van der Waals surface area contributed by atoms with Gasteiger partial charge >= 0.3 is 0 Å². The standard InChI is InChI=1S/C29H36O6S2/c1-26(2)22-10-12-28(26,16-36(32)33)24(30)20(22)14-18-6-8-19(9-7-18)15-21-23-11-13-29(25(21)31,27(23,3)4)17-37(5,34)35/h6-9,14-15,22-23,36H,10-13,16-17H2,1-5H3/b20-14+,21-15+. The van der Waals surface area contributed by atoms with Crippen molar-refractivity contribution in [1.29, 1.82) is 0 Å². The fourth-order valence-corrected chi connectivity index (χ4v) is 11.0. The quantitative estimate of drug-likeness (QED) is 0.427. The number of thiol groups is 1. The van der Waals surface area contributed by atoms with E-state index in [0.29, 0.717) is 24.0 Å². The van der Waals surface area contributed by atoms with Crippen molar-refractivity contribution in [3.63, 3.8) is 0 Å². The van der Waals surface area contributed by atoms with E-state index in [9.17, 15) is 26.4 Å². The van der Waals surface area contributed by atoms with E-state index >= 15 is 0 Å². The van der Waals surface area contributed by atoms with Gasteiger partial charge < -0.3 is 0 Å². The van der Waals surface area contributed by atoms with E-state index in [4.69, 9.17) is 0 Å². The fraction of sp³-hybridized carbons (Fsp3) is 0.586. The van der Waals surface area contributed by atoms with E-state index < -0.39 is 42.2 Å². The molecule has 4 saturated carbocycles. The molecule has 1 aromatic carbocycles. The van der Waals surface area contributed by atoms with Crippen molar-refractivity contribution < 1.29 is 26.4 Å². The number of ketones is 2. The van der Waals surface area contributed by atoms with Crippen LogP contribution in [0.15, 0.2) is 35.4 Å². The minimum absolute atomic E-state index is 0.0288. The Morgan fingerprint density at radius 3 is 1.65 bits per heavy atom. The monoisotopic (exact) mass is 544 g/mol. The molecule has 4 bridgehead atoms. The normalized spacial score (nSPS) is 35.9. The molecule has 4 aliphatic carbocycles. The van der Waals surface area contributed by atoms with Crippen LogP contribution in [-0.4, -0.2) is 46.2 Å². The van der Waals surface area contributed by atoms with Crippen LogP contribution in [0.25, 0.3) is 12.2 Å². The molecule has 6 nitrogen and oxygen atoms in total. The third kappa shape index (κ3) is 3.68. The van der Waals surface area contributed by atoms with E-state index in [-0.39, 0.29) is 34.9 Å². The van der Waals surface area contributed by atoms with Gasteiger partial charge in [-0.3, -0.25) is 9.59 Å². The van der Waals surface area contributed by atoms with Gasteiger partial charge in [0, 0.05) is 17.4 Å². The first-order valence-corrected chi connectivity index (χ1v) is 16.4. The predicted octanol–water partition coefficient (Wildman–Crippen LogP) is 4.12. The summed E-state index contributed by atoms with van der Waals surface area (Å²) in [6, 6.07) is 7.67. The van der Waals surface area contributed by atoms with Crippen LogP contribution in [0.3, 0.4) is 0 Å². The number of Topliss-reactive ketones (excluding diaryl/α,β-unsaturated/α-hetero) is 2.